The quantitative estimate of drug-likeness (QED) is 0.678. The second kappa shape index (κ2) is 9.18. The van der Waals surface area contributed by atoms with Crippen LogP contribution in [0, 0.1) is 0 Å². The number of anilines is 1. The lowest BCUT2D eigenvalue weighted by atomic mass is 10.1. The first-order valence-electron chi connectivity index (χ1n) is 10.4. The number of piperazine rings is 1. The molecule has 2 N–H and O–H groups in total. The highest BCUT2D eigenvalue weighted by Gasteiger charge is 2.34. The predicted molar refractivity (Wildman–Crippen MR) is 114 cm³/mol. The summed E-state index contributed by atoms with van der Waals surface area (Å²) in [6.45, 7) is 4.38. The van der Waals surface area contributed by atoms with Crippen LogP contribution in [0.25, 0.3) is 0 Å². The molecule has 0 aliphatic carbocycles. The summed E-state index contributed by atoms with van der Waals surface area (Å²) in [5.41, 5.74) is 1.03. The van der Waals surface area contributed by atoms with Crippen LogP contribution in [-0.4, -0.2) is 67.9 Å². The molecule has 2 aromatic rings. The van der Waals surface area contributed by atoms with E-state index in [0.29, 0.717) is 48.9 Å². The largest absolute Gasteiger partial charge is 0.485 e. The Morgan fingerprint density at radius 1 is 1.03 bits per heavy atom. The molecule has 0 bridgehead atoms. The molecule has 1 saturated heterocycles. The van der Waals surface area contributed by atoms with Gasteiger partial charge in [0.05, 0.1) is 31.9 Å². The van der Waals surface area contributed by atoms with Crippen LogP contribution in [-0.2, 0) is 9.59 Å². The van der Waals surface area contributed by atoms with E-state index in [2.05, 4.69) is 5.32 Å². The van der Waals surface area contributed by atoms with E-state index in [9.17, 15) is 14.4 Å². The molecule has 31 heavy (non-hydrogen) atoms. The molecule has 2 aliphatic rings. The number of hydrogen-bond donors (Lipinski definition) is 2. The number of para-hydroxylation sites is 3. The third-order valence-electron chi connectivity index (χ3n) is 5.56. The molecule has 8 nitrogen and oxygen atoms in total. The number of ether oxygens (including phenoxy) is 2. The molecular formula is C23H26N3O5+. The van der Waals surface area contributed by atoms with Gasteiger partial charge in [-0.05, 0) is 31.2 Å². The lowest BCUT2D eigenvalue weighted by molar-refractivity contribution is -0.895. The Labute approximate surface area is 180 Å². The molecule has 0 aromatic heterocycles. The Bertz CT molecular complexity index is 985. The zero-order chi connectivity index (χ0) is 21.8. The van der Waals surface area contributed by atoms with Crippen LogP contribution in [0.5, 0.6) is 11.5 Å². The number of fused-ring (bicyclic) bond motifs is 1. The van der Waals surface area contributed by atoms with Crippen LogP contribution in [0.4, 0.5) is 5.69 Å². The number of hydrogen-bond acceptors (Lipinski definition) is 5. The summed E-state index contributed by atoms with van der Waals surface area (Å²) in [5.74, 6) is 0.904. The average Bonchev–Trinajstić information content (AvgIpc) is 2.79. The minimum absolute atomic E-state index is 0.0895. The molecule has 0 saturated carbocycles. The fourth-order valence-corrected chi connectivity index (χ4v) is 3.89. The van der Waals surface area contributed by atoms with Gasteiger partial charge >= 0.3 is 0 Å². The average molecular weight is 424 g/mol. The van der Waals surface area contributed by atoms with Gasteiger partial charge in [0.2, 0.25) is 6.10 Å². The Morgan fingerprint density at radius 2 is 1.71 bits per heavy atom. The lowest BCUT2D eigenvalue weighted by Gasteiger charge is -2.35. The summed E-state index contributed by atoms with van der Waals surface area (Å²) < 4.78 is 11.5. The van der Waals surface area contributed by atoms with Crippen LogP contribution in [0.3, 0.4) is 0 Å². The van der Waals surface area contributed by atoms with Crippen molar-refractivity contribution in [2.45, 2.75) is 13.0 Å². The van der Waals surface area contributed by atoms with Crippen molar-refractivity contribution in [3.05, 3.63) is 54.1 Å². The highest BCUT2D eigenvalue weighted by molar-refractivity contribution is 6.03. The van der Waals surface area contributed by atoms with E-state index in [0.717, 1.165) is 4.90 Å². The predicted octanol–water partition coefficient (Wildman–Crippen LogP) is 0.395. The van der Waals surface area contributed by atoms with E-state index < -0.39 is 6.10 Å². The van der Waals surface area contributed by atoms with E-state index in [1.165, 1.54) is 6.92 Å². The summed E-state index contributed by atoms with van der Waals surface area (Å²) in [7, 11) is 0. The number of amides is 2. The Balaban J connectivity index is 1.27. The summed E-state index contributed by atoms with van der Waals surface area (Å²) in [5, 5.41) is 2.84. The topological polar surface area (TPSA) is 89.4 Å². The van der Waals surface area contributed by atoms with Crippen LogP contribution < -0.4 is 19.7 Å². The van der Waals surface area contributed by atoms with E-state index in [1.807, 2.05) is 18.2 Å². The van der Waals surface area contributed by atoms with Crippen LogP contribution in [0.2, 0.25) is 0 Å². The van der Waals surface area contributed by atoms with Crippen molar-refractivity contribution in [3.8, 4) is 11.5 Å². The number of carbonyl (C=O) groups is 3. The Kier molecular flexibility index (Phi) is 6.18. The first kappa shape index (κ1) is 20.9. The summed E-state index contributed by atoms with van der Waals surface area (Å²) in [6.07, 6.45) is -0.650. The lowest BCUT2D eigenvalue weighted by Crippen LogP contribution is -3.15. The van der Waals surface area contributed by atoms with Gasteiger partial charge < -0.3 is 24.6 Å². The SMILES string of the molecule is CC(=O)c1ccccc1NC(=O)C[NH+]1CCN(C(=O)[C@H]2COc3ccccc3O2)CC1. The number of Topliss-reactive ketones (excluding diaryl/α,β-unsaturated/α-hetero) is 1. The van der Waals surface area contributed by atoms with Gasteiger partial charge in [0.1, 0.15) is 6.61 Å². The van der Waals surface area contributed by atoms with Crippen molar-refractivity contribution in [1.29, 1.82) is 0 Å². The molecule has 0 radical (unpaired) electrons. The second-order valence-corrected chi connectivity index (χ2v) is 7.77. The van der Waals surface area contributed by atoms with Gasteiger partial charge in [0.15, 0.2) is 23.8 Å². The minimum Gasteiger partial charge on any atom is -0.485 e. The summed E-state index contributed by atoms with van der Waals surface area (Å²) in [6, 6.07) is 14.3. The molecule has 1 atom stereocenters. The number of quaternary nitrogens is 1. The molecule has 0 spiro atoms. The molecule has 2 heterocycles. The van der Waals surface area contributed by atoms with E-state index >= 15 is 0 Å². The third-order valence-corrected chi connectivity index (χ3v) is 5.56. The van der Waals surface area contributed by atoms with Gasteiger partial charge in [-0.25, -0.2) is 0 Å². The molecule has 0 unspecified atom stereocenters. The van der Waals surface area contributed by atoms with Crippen molar-refractivity contribution in [3.63, 3.8) is 0 Å². The highest BCUT2D eigenvalue weighted by Crippen LogP contribution is 2.31. The van der Waals surface area contributed by atoms with E-state index in [-0.39, 0.29) is 30.7 Å². The molecule has 2 amide bonds. The smallest absolute Gasteiger partial charge is 0.279 e. The molecule has 162 valence electrons. The number of carbonyl (C=O) groups excluding carboxylic acids is 3. The highest BCUT2D eigenvalue weighted by atomic mass is 16.6. The van der Waals surface area contributed by atoms with Crippen molar-refractivity contribution in [1.82, 2.24) is 4.90 Å². The number of benzene rings is 2. The van der Waals surface area contributed by atoms with Crippen molar-refractivity contribution >= 4 is 23.3 Å². The van der Waals surface area contributed by atoms with E-state index in [1.54, 1.807) is 35.2 Å². The standard InChI is InChI=1S/C23H25N3O5/c1-16(27)17-6-2-3-7-18(17)24-22(28)14-25-10-12-26(13-11-25)23(29)21-15-30-19-8-4-5-9-20(19)31-21/h2-9,21H,10-15H2,1H3,(H,24,28)/p+1/t21-/m1/s1. The van der Waals surface area contributed by atoms with E-state index in [4.69, 9.17) is 9.47 Å². The monoisotopic (exact) mass is 424 g/mol. The molecule has 8 heteroatoms. The number of nitrogens with zero attached hydrogens (tertiary/aromatic N) is 1. The number of nitrogens with one attached hydrogen (secondary N) is 2. The first-order chi connectivity index (χ1) is 15.0. The zero-order valence-corrected chi connectivity index (χ0v) is 17.4. The van der Waals surface area contributed by atoms with Crippen molar-refractivity contribution < 1.29 is 28.8 Å². The number of rotatable bonds is 5. The van der Waals surface area contributed by atoms with Gasteiger partial charge in [-0.2, -0.15) is 0 Å². The maximum Gasteiger partial charge on any atom is 0.279 e. The van der Waals surface area contributed by atoms with Crippen LogP contribution >= 0.6 is 0 Å². The molecule has 2 aliphatic heterocycles. The Morgan fingerprint density at radius 3 is 2.45 bits per heavy atom. The maximum atomic E-state index is 12.8. The maximum absolute atomic E-state index is 12.8. The summed E-state index contributed by atoms with van der Waals surface area (Å²) >= 11 is 0. The Hall–Kier alpha value is -3.39. The van der Waals surface area contributed by atoms with Gasteiger partial charge in [0, 0.05) is 5.56 Å². The van der Waals surface area contributed by atoms with Crippen molar-refractivity contribution in [2.24, 2.45) is 0 Å². The molecule has 1 fully saturated rings. The third kappa shape index (κ3) is 4.86. The van der Waals surface area contributed by atoms with Crippen molar-refractivity contribution in [2.75, 3.05) is 44.6 Å². The molecule has 4 rings (SSSR count). The van der Waals surface area contributed by atoms with Gasteiger partial charge in [-0.15, -0.1) is 0 Å². The van der Waals surface area contributed by atoms with Crippen LogP contribution in [0.15, 0.2) is 48.5 Å². The van der Waals surface area contributed by atoms with Gasteiger partial charge in [-0.3, -0.25) is 14.4 Å². The minimum atomic E-state index is -0.650. The fraction of sp³-hybridized carbons (Fsp3) is 0.348. The fourth-order valence-electron chi connectivity index (χ4n) is 3.89. The zero-order valence-electron chi connectivity index (χ0n) is 17.4. The normalized spacial score (nSPS) is 18.4. The summed E-state index contributed by atoms with van der Waals surface area (Å²) in [4.78, 5) is 39.9. The molecular weight excluding hydrogens is 398 g/mol. The second-order valence-electron chi connectivity index (χ2n) is 7.77. The van der Waals surface area contributed by atoms with Gasteiger partial charge in [-0.1, -0.05) is 24.3 Å². The number of ketones is 1. The molecule has 2 aromatic carbocycles. The van der Waals surface area contributed by atoms with Crippen LogP contribution in [0.1, 0.15) is 17.3 Å². The first-order valence-corrected chi connectivity index (χ1v) is 10.4. The van der Waals surface area contributed by atoms with Gasteiger partial charge in [0.25, 0.3) is 11.8 Å².